The lowest BCUT2D eigenvalue weighted by atomic mass is 10.4. The molecule has 1 aliphatic heterocycles. The summed E-state index contributed by atoms with van der Waals surface area (Å²) in [5.41, 5.74) is 0. The van der Waals surface area contributed by atoms with E-state index in [9.17, 15) is 0 Å². The van der Waals surface area contributed by atoms with E-state index in [1.165, 1.54) is 32.5 Å². The van der Waals surface area contributed by atoms with Crippen LogP contribution in [-0.4, -0.2) is 25.4 Å². The summed E-state index contributed by atoms with van der Waals surface area (Å²) >= 11 is 4.17. The molecule has 1 nitrogen and oxygen atoms in total. The van der Waals surface area contributed by atoms with E-state index in [-0.39, 0.29) is 0 Å². The van der Waals surface area contributed by atoms with Crippen molar-refractivity contribution >= 4 is 12.6 Å². The van der Waals surface area contributed by atoms with E-state index in [2.05, 4.69) is 12.6 Å². The second-order valence-electron chi connectivity index (χ2n) is 2.43. The number of likely N-dealkylation sites (tertiary alicyclic amines) is 1. The highest BCUT2D eigenvalue weighted by molar-refractivity contribution is 7.80. The van der Waals surface area contributed by atoms with Crippen LogP contribution in [0.4, 0.5) is 0 Å². The number of quaternary nitrogens is 1. The standard InChI is InChI=1S/C6H13NS/c8-6-5-7-3-1-2-4-7/h8H,1-6H2/p+1. The lowest BCUT2D eigenvalue weighted by Crippen LogP contribution is -3.10. The summed E-state index contributed by atoms with van der Waals surface area (Å²) < 4.78 is 0. The maximum absolute atomic E-state index is 4.17. The van der Waals surface area contributed by atoms with Gasteiger partial charge in [0.15, 0.2) is 0 Å². The minimum Gasteiger partial charge on any atom is -0.334 e. The van der Waals surface area contributed by atoms with Crippen LogP contribution in [0, 0.1) is 0 Å². The Kier molecular flexibility index (Phi) is 2.70. The first-order valence-corrected chi connectivity index (χ1v) is 4.01. The quantitative estimate of drug-likeness (QED) is 0.471. The largest absolute Gasteiger partial charge is 0.334 e. The number of hydrogen-bond acceptors (Lipinski definition) is 1. The van der Waals surface area contributed by atoms with Crippen molar-refractivity contribution in [2.45, 2.75) is 12.8 Å². The second-order valence-corrected chi connectivity index (χ2v) is 2.88. The molecular weight excluding hydrogens is 118 g/mol. The molecule has 0 aromatic rings. The molecule has 0 spiro atoms. The third-order valence-corrected chi connectivity index (χ3v) is 2.00. The topological polar surface area (TPSA) is 4.44 Å². The Morgan fingerprint density at radius 3 is 2.38 bits per heavy atom. The monoisotopic (exact) mass is 132 g/mol. The Morgan fingerprint density at radius 1 is 1.25 bits per heavy atom. The fourth-order valence-corrected chi connectivity index (χ4v) is 1.60. The molecule has 0 unspecified atom stereocenters. The van der Waals surface area contributed by atoms with E-state index in [1.54, 1.807) is 4.90 Å². The highest BCUT2D eigenvalue weighted by atomic mass is 32.1. The number of thiol groups is 1. The Morgan fingerprint density at radius 2 is 1.88 bits per heavy atom. The van der Waals surface area contributed by atoms with Gasteiger partial charge in [-0.15, -0.1) is 0 Å². The first kappa shape index (κ1) is 6.43. The normalized spacial score (nSPS) is 22.1. The molecule has 0 atom stereocenters. The fourth-order valence-electron chi connectivity index (χ4n) is 1.28. The van der Waals surface area contributed by atoms with Crippen molar-refractivity contribution in [1.29, 1.82) is 0 Å². The zero-order chi connectivity index (χ0) is 5.82. The maximum atomic E-state index is 4.17. The van der Waals surface area contributed by atoms with Gasteiger partial charge in [-0.2, -0.15) is 12.6 Å². The summed E-state index contributed by atoms with van der Waals surface area (Å²) in [6.45, 7) is 4.05. The lowest BCUT2D eigenvalue weighted by Gasteiger charge is -2.08. The van der Waals surface area contributed by atoms with Crippen LogP contribution >= 0.6 is 12.6 Å². The van der Waals surface area contributed by atoms with Gasteiger partial charge in [0.2, 0.25) is 0 Å². The van der Waals surface area contributed by atoms with Crippen LogP contribution in [0.3, 0.4) is 0 Å². The van der Waals surface area contributed by atoms with E-state index in [0.29, 0.717) is 0 Å². The van der Waals surface area contributed by atoms with Crippen molar-refractivity contribution in [3.63, 3.8) is 0 Å². The Balaban J connectivity index is 2.06. The van der Waals surface area contributed by atoms with Crippen LogP contribution in [-0.2, 0) is 0 Å². The first-order chi connectivity index (χ1) is 3.93. The molecule has 0 amide bonds. The third kappa shape index (κ3) is 1.67. The molecular formula is C6H14NS+. The van der Waals surface area contributed by atoms with Crippen molar-refractivity contribution in [3.05, 3.63) is 0 Å². The van der Waals surface area contributed by atoms with Gasteiger partial charge in [-0.3, -0.25) is 0 Å². The molecule has 2 heteroatoms. The van der Waals surface area contributed by atoms with Gasteiger partial charge >= 0.3 is 0 Å². The number of hydrogen-bond donors (Lipinski definition) is 2. The van der Waals surface area contributed by atoms with Crippen LogP contribution in [0.15, 0.2) is 0 Å². The molecule has 1 rings (SSSR count). The highest BCUT2D eigenvalue weighted by Crippen LogP contribution is 1.86. The zero-order valence-electron chi connectivity index (χ0n) is 5.19. The summed E-state index contributed by atoms with van der Waals surface area (Å²) in [6.07, 6.45) is 2.87. The molecule has 0 saturated carbocycles. The molecule has 0 aromatic carbocycles. The predicted octanol–water partition coefficient (Wildman–Crippen LogP) is -0.405. The molecule has 0 radical (unpaired) electrons. The molecule has 0 aromatic heterocycles. The second kappa shape index (κ2) is 3.36. The molecule has 48 valence electrons. The van der Waals surface area contributed by atoms with Crippen molar-refractivity contribution in [3.8, 4) is 0 Å². The summed E-state index contributed by atoms with van der Waals surface area (Å²) in [6, 6.07) is 0. The molecule has 1 saturated heterocycles. The summed E-state index contributed by atoms with van der Waals surface area (Å²) in [5, 5.41) is 0. The van der Waals surface area contributed by atoms with Gasteiger partial charge in [-0.25, -0.2) is 0 Å². The van der Waals surface area contributed by atoms with Gasteiger partial charge in [-0.05, 0) is 0 Å². The van der Waals surface area contributed by atoms with E-state index in [4.69, 9.17) is 0 Å². The maximum Gasteiger partial charge on any atom is 0.0860 e. The third-order valence-electron chi connectivity index (χ3n) is 1.78. The molecule has 0 bridgehead atoms. The molecule has 1 fully saturated rings. The summed E-state index contributed by atoms with van der Waals surface area (Å²) in [4.78, 5) is 1.75. The van der Waals surface area contributed by atoms with E-state index in [1.807, 2.05) is 0 Å². The lowest BCUT2D eigenvalue weighted by molar-refractivity contribution is -0.884. The van der Waals surface area contributed by atoms with Gasteiger partial charge in [0.05, 0.1) is 19.6 Å². The average Bonchev–Trinajstić information content (AvgIpc) is 2.19. The summed E-state index contributed by atoms with van der Waals surface area (Å²) in [7, 11) is 0. The van der Waals surface area contributed by atoms with Crippen LogP contribution < -0.4 is 4.90 Å². The first-order valence-electron chi connectivity index (χ1n) is 3.38. The van der Waals surface area contributed by atoms with E-state index < -0.39 is 0 Å². The SMILES string of the molecule is SCC[NH+]1CCCC1. The minimum atomic E-state index is 1.05. The Labute approximate surface area is 56.5 Å². The van der Waals surface area contributed by atoms with Crippen molar-refractivity contribution in [2.24, 2.45) is 0 Å². The van der Waals surface area contributed by atoms with E-state index >= 15 is 0 Å². The van der Waals surface area contributed by atoms with Crippen LogP contribution in [0.2, 0.25) is 0 Å². The average molecular weight is 132 g/mol. The highest BCUT2D eigenvalue weighted by Gasteiger charge is 2.12. The smallest absolute Gasteiger partial charge is 0.0860 e. The van der Waals surface area contributed by atoms with E-state index in [0.717, 1.165) is 5.75 Å². The molecule has 0 aliphatic carbocycles. The van der Waals surface area contributed by atoms with Gasteiger partial charge in [0, 0.05) is 18.6 Å². The van der Waals surface area contributed by atoms with Crippen molar-refractivity contribution in [1.82, 2.24) is 0 Å². The van der Waals surface area contributed by atoms with Crippen LogP contribution in [0.25, 0.3) is 0 Å². The van der Waals surface area contributed by atoms with Gasteiger partial charge in [0.1, 0.15) is 0 Å². The van der Waals surface area contributed by atoms with Crippen LogP contribution in [0.5, 0.6) is 0 Å². The van der Waals surface area contributed by atoms with Gasteiger partial charge in [0.25, 0.3) is 0 Å². The van der Waals surface area contributed by atoms with Gasteiger partial charge < -0.3 is 4.90 Å². The number of rotatable bonds is 2. The zero-order valence-corrected chi connectivity index (χ0v) is 6.08. The Bertz CT molecular complexity index is 59.5. The van der Waals surface area contributed by atoms with Gasteiger partial charge in [-0.1, -0.05) is 0 Å². The predicted molar refractivity (Wildman–Crippen MR) is 38.7 cm³/mol. The van der Waals surface area contributed by atoms with Crippen molar-refractivity contribution < 1.29 is 4.90 Å². The molecule has 1 N–H and O–H groups in total. The van der Waals surface area contributed by atoms with Crippen LogP contribution in [0.1, 0.15) is 12.8 Å². The Hall–Kier alpha value is 0.310. The molecule has 8 heavy (non-hydrogen) atoms. The molecule has 1 heterocycles. The minimum absolute atomic E-state index is 1.05. The fraction of sp³-hybridized carbons (Fsp3) is 1.00. The summed E-state index contributed by atoms with van der Waals surface area (Å²) in [5.74, 6) is 1.05. The molecule has 1 aliphatic rings. The van der Waals surface area contributed by atoms with Crippen molar-refractivity contribution in [2.75, 3.05) is 25.4 Å². The number of nitrogens with one attached hydrogen (secondary N) is 1.